The number of amides is 1. The van der Waals surface area contributed by atoms with Crippen LogP contribution in [0.4, 0.5) is 4.79 Å². The molecule has 1 N–H and O–H groups in total. The minimum Gasteiger partial charge on any atom is -0.480 e. The summed E-state index contributed by atoms with van der Waals surface area (Å²) in [5.41, 5.74) is 0. The van der Waals surface area contributed by atoms with E-state index in [2.05, 4.69) is 0 Å². The Morgan fingerprint density at radius 2 is 1.94 bits per heavy atom. The lowest BCUT2D eigenvalue weighted by molar-refractivity contribution is -0.137. The first-order valence-electron chi connectivity index (χ1n) is 5.36. The molecule has 0 heterocycles. The molecule has 98 valence electrons. The summed E-state index contributed by atoms with van der Waals surface area (Å²) in [7, 11) is 1.47. The fourth-order valence-corrected chi connectivity index (χ4v) is 1.25. The predicted molar refractivity (Wildman–Crippen MR) is 63.6 cm³/mol. The molecule has 1 rings (SSSR count). The largest absolute Gasteiger partial charge is 0.480 e. The molecule has 18 heavy (non-hydrogen) atoms. The van der Waals surface area contributed by atoms with E-state index in [0.29, 0.717) is 5.75 Å². The summed E-state index contributed by atoms with van der Waals surface area (Å²) in [6, 6.07) is 8.47. The van der Waals surface area contributed by atoms with Crippen molar-refractivity contribution in [3.8, 4) is 5.75 Å². The lowest BCUT2D eigenvalue weighted by Crippen LogP contribution is -2.39. The van der Waals surface area contributed by atoms with Crippen LogP contribution in [0, 0.1) is 0 Å². The van der Waals surface area contributed by atoms with Gasteiger partial charge in [0.15, 0.2) is 0 Å². The molecule has 0 saturated carbocycles. The van der Waals surface area contributed by atoms with Crippen molar-refractivity contribution in [1.29, 1.82) is 0 Å². The normalized spacial score (nSPS) is 9.83. The van der Waals surface area contributed by atoms with Gasteiger partial charge in [-0.2, -0.15) is 0 Å². The molecule has 0 aliphatic carbocycles. The summed E-state index contributed by atoms with van der Waals surface area (Å²) >= 11 is 0. The van der Waals surface area contributed by atoms with Crippen molar-refractivity contribution in [1.82, 2.24) is 4.90 Å². The van der Waals surface area contributed by atoms with Gasteiger partial charge >= 0.3 is 12.1 Å². The number of para-hydroxylation sites is 1. The number of methoxy groups -OCH3 is 1. The second-order valence-electron chi connectivity index (χ2n) is 3.49. The molecule has 0 radical (unpaired) electrons. The third kappa shape index (κ3) is 4.84. The van der Waals surface area contributed by atoms with Crippen molar-refractivity contribution in [2.45, 2.75) is 0 Å². The van der Waals surface area contributed by atoms with Crippen LogP contribution in [0.1, 0.15) is 0 Å². The highest BCUT2D eigenvalue weighted by atomic mass is 16.6. The quantitative estimate of drug-likeness (QED) is 0.824. The highest BCUT2D eigenvalue weighted by molar-refractivity contribution is 5.77. The number of benzene rings is 1. The first-order valence-corrected chi connectivity index (χ1v) is 5.36. The van der Waals surface area contributed by atoms with Crippen LogP contribution in [0.5, 0.6) is 5.75 Å². The van der Waals surface area contributed by atoms with Crippen molar-refractivity contribution in [2.75, 3.05) is 26.8 Å². The van der Waals surface area contributed by atoms with E-state index in [1.165, 1.54) is 7.11 Å². The molecule has 0 aliphatic heterocycles. The average Bonchev–Trinajstić information content (AvgIpc) is 2.35. The summed E-state index contributed by atoms with van der Waals surface area (Å²) < 4.78 is 9.85. The second-order valence-corrected chi connectivity index (χ2v) is 3.49. The molecule has 0 unspecified atom stereocenters. The Balaban J connectivity index is 2.60. The SMILES string of the molecule is COCCN(CC(=O)O)C(=O)Oc1ccccc1. The molecule has 0 fully saturated rings. The molecule has 0 saturated heterocycles. The number of carboxylic acid groups (broad SMARTS) is 1. The Labute approximate surface area is 105 Å². The van der Waals surface area contributed by atoms with Crippen molar-refractivity contribution in [2.24, 2.45) is 0 Å². The average molecular weight is 253 g/mol. The molecule has 6 nitrogen and oxygen atoms in total. The van der Waals surface area contributed by atoms with Crippen LogP contribution in [0.25, 0.3) is 0 Å². The molecule has 6 heteroatoms. The van der Waals surface area contributed by atoms with E-state index in [1.54, 1.807) is 30.3 Å². The van der Waals surface area contributed by atoms with Crippen molar-refractivity contribution >= 4 is 12.1 Å². The fourth-order valence-electron chi connectivity index (χ4n) is 1.25. The van der Waals surface area contributed by atoms with Gasteiger partial charge in [0, 0.05) is 13.7 Å². The van der Waals surface area contributed by atoms with Crippen LogP contribution < -0.4 is 4.74 Å². The van der Waals surface area contributed by atoms with E-state index in [4.69, 9.17) is 14.6 Å². The van der Waals surface area contributed by atoms with E-state index in [1.807, 2.05) is 0 Å². The fraction of sp³-hybridized carbons (Fsp3) is 0.333. The van der Waals surface area contributed by atoms with Crippen molar-refractivity contribution < 1.29 is 24.2 Å². The maximum absolute atomic E-state index is 11.7. The number of hydrogen-bond donors (Lipinski definition) is 1. The maximum atomic E-state index is 11.7. The molecular weight excluding hydrogens is 238 g/mol. The minimum atomic E-state index is -1.10. The van der Waals surface area contributed by atoms with Gasteiger partial charge in [-0.1, -0.05) is 18.2 Å². The smallest absolute Gasteiger partial charge is 0.415 e. The molecule has 1 aromatic rings. The molecular formula is C12H15NO5. The third-order valence-electron chi connectivity index (χ3n) is 2.10. The number of carbonyl (C=O) groups excluding carboxylic acids is 1. The third-order valence-corrected chi connectivity index (χ3v) is 2.10. The van der Waals surface area contributed by atoms with Gasteiger partial charge in [0.2, 0.25) is 0 Å². The second kappa shape index (κ2) is 7.29. The number of ether oxygens (including phenoxy) is 2. The van der Waals surface area contributed by atoms with Crippen LogP contribution in [0.2, 0.25) is 0 Å². The van der Waals surface area contributed by atoms with Gasteiger partial charge in [0.05, 0.1) is 6.61 Å². The van der Waals surface area contributed by atoms with Crippen LogP contribution in [0.3, 0.4) is 0 Å². The zero-order chi connectivity index (χ0) is 13.4. The Morgan fingerprint density at radius 1 is 1.28 bits per heavy atom. The Hall–Kier alpha value is -2.08. The highest BCUT2D eigenvalue weighted by Gasteiger charge is 2.18. The van der Waals surface area contributed by atoms with Crippen LogP contribution in [0.15, 0.2) is 30.3 Å². The molecule has 0 bridgehead atoms. The number of hydrogen-bond acceptors (Lipinski definition) is 4. The zero-order valence-corrected chi connectivity index (χ0v) is 10.0. The monoisotopic (exact) mass is 253 g/mol. The van der Waals surface area contributed by atoms with E-state index in [9.17, 15) is 9.59 Å². The molecule has 0 aromatic heterocycles. The maximum Gasteiger partial charge on any atom is 0.415 e. The summed E-state index contributed by atoms with van der Waals surface area (Å²) in [5.74, 6) is -0.730. The lowest BCUT2D eigenvalue weighted by atomic mass is 10.3. The summed E-state index contributed by atoms with van der Waals surface area (Å²) in [4.78, 5) is 23.4. The Bertz CT molecular complexity index is 393. The summed E-state index contributed by atoms with van der Waals surface area (Å²) in [5, 5.41) is 8.71. The van der Waals surface area contributed by atoms with Gasteiger partial charge in [0.25, 0.3) is 0 Å². The lowest BCUT2D eigenvalue weighted by Gasteiger charge is -2.19. The Kier molecular flexibility index (Phi) is 5.66. The molecule has 0 aliphatic rings. The van der Waals surface area contributed by atoms with Crippen LogP contribution >= 0.6 is 0 Å². The van der Waals surface area contributed by atoms with Gasteiger partial charge in [0.1, 0.15) is 12.3 Å². The van der Waals surface area contributed by atoms with E-state index >= 15 is 0 Å². The van der Waals surface area contributed by atoms with E-state index < -0.39 is 18.6 Å². The zero-order valence-electron chi connectivity index (χ0n) is 10.0. The van der Waals surface area contributed by atoms with Gasteiger partial charge in [-0.05, 0) is 12.1 Å². The first kappa shape index (κ1) is 14.0. The molecule has 1 aromatic carbocycles. The van der Waals surface area contributed by atoms with Crippen molar-refractivity contribution in [3.05, 3.63) is 30.3 Å². The van der Waals surface area contributed by atoms with Gasteiger partial charge in [-0.25, -0.2) is 4.79 Å². The van der Waals surface area contributed by atoms with Crippen LogP contribution in [-0.2, 0) is 9.53 Å². The van der Waals surface area contributed by atoms with Gasteiger partial charge in [-0.15, -0.1) is 0 Å². The van der Waals surface area contributed by atoms with Crippen LogP contribution in [-0.4, -0.2) is 48.9 Å². The van der Waals surface area contributed by atoms with Gasteiger partial charge in [-0.3, -0.25) is 9.69 Å². The number of aliphatic carboxylic acids is 1. The number of nitrogens with zero attached hydrogens (tertiary/aromatic N) is 1. The topological polar surface area (TPSA) is 76.1 Å². The summed E-state index contributed by atoms with van der Waals surface area (Å²) in [6.07, 6.45) is -0.708. The predicted octanol–water partition coefficient (Wildman–Crippen LogP) is 1.22. The number of carboxylic acids is 1. The standard InChI is InChI=1S/C12H15NO5/c1-17-8-7-13(9-11(14)15)12(16)18-10-5-3-2-4-6-10/h2-6H,7-9H2,1H3,(H,14,15). The first-order chi connectivity index (χ1) is 8.63. The molecule has 0 spiro atoms. The molecule has 1 amide bonds. The number of rotatable bonds is 6. The van der Waals surface area contributed by atoms with E-state index in [0.717, 1.165) is 4.90 Å². The summed E-state index contributed by atoms with van der Waals surface area (Å²) in [6.45, 7) is -0.0132. The van der Waals surface area contributed by atoms with Crippen molar-refractivity contribution in [3.63, 3.8) is 0 Å². The van der Waals surface area contributed by atoms with E-state index in [-0.39, 0.29) is 13.2 Å². The molecule has 0 atom stereocenters. The minimum absolute atomic E-state index is 0.161. The van der Waals surface area contributed by atoms with Gasteiger partial charge < -0.3 is 14.6 Å². The number of carbonyl (C=O) groups is 2. The highest BCUT2D eigenvalue weighted by Crippen LogP contribution is 2.10. The Morgan fingerprint density at radius 3 is 2.50 bits per heavy atom.